The van der Waals surface area contributed by atoms with Crippen LogP contribution in [0, 0.1) is 11.6 Å². The Morgan fingerprint density at radius 2 is 1.79 bits per heavy atom. The fourth-order valence-corrected chi connectivity index (χ4v) is 1.60. The summed E-state index contributed by atoms with van der Waals surface area (Å²) in [4.78, 5) is 3.51. The van der Waals surface area contributed by atoms with Crippen LogP contribution in [0.25, 0.3) is 0 Å². The minimum Gasteiger partial charge on any atom is -0.342 e. The number of anilines is 1. The molecule has 0 bridgehead atoms. The Bertz CT molecular complexity index is 556. The van der Waals surface area contributed by atoms with Gasteiger partial charge >= 0.3 is 0 Å². The van der Waals surface area contributed by atoms with Crippen molar-refractivity contribution in [3.05, 3.63) is 53.3 Å². The number of nitrogens with zero attached hydrogens (tertiary/aromatic N) is 1. The van der Waals surface area contributed by atoms with Crippen LogP contribution in [0.1, 0.15) is 12.8 Å². The van der Waals surface area contributed by atoms with Gasteiger partial charge in [-0.2, -0.15) is 0 Å². The lowest BCUT2D eigenvalue weighted by atomic mass is 10.1. The maximum Gasteiger partial charge on any atom is 0.149 e. The first-order chi connectivity index (χ1) is 9.09. The molecule has 0 saturated carbocycles. The first-order valence-electron chi connectivity index (χ1n) is 5.57. The van der Waals surface area contributed by atoms with Crippen molar-refractivity contribution in [2.24, 2.45) is 4.99 Å². The van der Waals surface area contributed by atoms with E-state index in [4.69, 9.17) is 0 Å². The van der Waals surface area contributed by atoms with E-state index < -0.39 is 34.7 Å². The minimum atomic E-state index is -0.819. The summed E-state index contributed by atoms with van der Waals surface area (Å²) in [5.41, 5.74) is -0.872. The highest BCUT2D eigenvalue weighted by atomic mass is 19.1. The Morgan fingerprint density at radius 1 is 1.11 bits per heavy atom. The number of hydrogen-bond donors (Lipinski definition) is 1. The van der Waals surface area contributed by atoms with Gasteiger partial charge in [-0.25, -0.2) is 22.6 Å². The summed E-state index contributed by atoms with van der Waals surface area (Å²) in [7, 11) is 0. The van der Waals surface area contributed by atoms with Gasteiger partial charge in [0.1, 0.15) is 34.7 Å². The second kappa shape index (κ2) is 5.69. The Morgan fingerprint density at radius 3 is 2.42 bits per heavy atom. The predicted molar refractivity (Wildman–Crippen MR) is 65.0 cm³/mol. The molecule has 0 heterocycles. The average molecular weight is 270 g/mol. The SMILES string of the molecule is FC1=CCCC(F)=C1N=CNc1c(F)cccc1F. The molecule has 0 saturated heterocycles. The standard InChI is InChI=1S/C13H10F4N2/c14-8-3-1-4-9(15)12(8)18-7-19-13-10(16)5-2-6-11(13)17/h1,3-5,7H,2,6H2,(H,18,19). The summed E-state index contributed by atoms with van der Waals surface area (Å²) in [5.74, 6) is -3.11. The molecule has 19 heavy (non-hydrogen) atoms. The van der Waals surface area contributed by atoms with E-state index >= 15 is 0 Å². The zero-order chi connectivity index (χ0) is 13.8. The summed E-state index contributed by atoms with van der Waals surface area (Å²) in [6.45, 7) is 0. The smallest absolute Gasteiger partial charge is 0.149 e. The summed E-state index contributed by atoms with van der Waals surface area (Å²) in [6, 6.07) is 3.32. The van der Waals surface area contributed by atoms with E-state index in [1.807, 2.05) is 0 Å². The van der Waals surface area contributed by atoms with Crippen molar-refractivity contribution < 1.29 is 17.6 Å². The van der Waals surface area contributed by atoms with Crippen molar-refractivity contribution >= 4 is 12.0 Å². The summed E-state index contributed by atoms with van der Waals surface area (Å²) in [6.07, 6.45) is 2.40. The second-order valence-corrected chi connectivity index (χ2v) is 3.84. The first kappa shape index (κ1) is 13.3. The van der Waals surface area contributed by atoms with Gasteiger partial charge in [0.2, 0.25) is 0 Å². The summed E-state index contributed by atoms with van der Waals surface area (Å²) >= 11 is 0. The molecule has 0 atom stereocenters. The molecule has 2 nitrogen and oxygen atoms in total. The molecule has 1 aromatic rings. The van der Waals surface area contributed by atoms with Crippen molar-refractivity contribution in [3.63, 3.8) is 0 Å². The Labute approximate surface area is 107 Å². The topological polar surface area (TPSA) is 24.4 Å². The van der Waals surface area contributed by atoms with Crippen LogP contribution in [-0.2, 0) is 0 Å². The fraction of sp³-hybridized carbons (Fsp3) is 0.154. The van der Waals surface area contributed by atoms with Crippen LogP contribution in [0.2, 0.25) is 0 Å². The molecule has 1 N–H and O–H groups in total. The normalized spacial score (nSPS) is 15.9. The van der Waals surface area contributed by atoms with Gasteiger partial charge in [-0.15, -0.1) is 0 Å². The van der Waals surface area contributed by atoms with E-state index in [1.165, 1.54) is 12.1 Å². The molecule has 0 aliphatic heterocycles. The molecule has 1 aromatic carbocycles. The van der Waals surface area contributed by atoms with E-state index in [0.717, 1.165) is 18.5 Å². The molecule has 0 amide bonds. The molecule has 1 aliphatic rings. The van der Waals surface area contributed by atoms with Gasteiger partial charge in [0.05, 0.1) is 6.34 Å². The Kier molecular flexibility index (Phi) is 3.99. The monoisotopic (exact) mass is 270 g/mol. The lowest BCUT2D eigenvalue weighted by Crippen LogP contribution is -2.02. The summed E-state index contributed by atoms with van der Waals surface area (Å²) in [5, 5.41) is 2.23. The molecule has 100 valence electrons. The number of para-hydroxylation sites is 1. The lowest BCUT2D eigenvalue weighted by molar-refractivity contribution is 0.539. The van der Waals surface area contributed by atoms with E-state index in [9.17, 15) is 17.6 Å². The third-order valence-electron chi connectivity index (χ3n) is 2.54. The van der Waals surface area contributed by atoms with Crippen molar-refractivity contribution in [3.8, 4) is 0 Å². The molecule has 0 fully saturated rings. The van der Waals surface area contributed by atoms with Crippen molar-refractivity contribution in [1.82, 2.24) is 0 Å². The molecule has 1 aliphatic carbocycles. The minimum absolute atomic E-state index is 0.0636. The fourth-order valence-electron chi connectivity index (χ4n) is 1.60. The molecular weight excluding hydrogens is 260 g/mol. The van der Waals surface area contributed by atoms with E-state index in [2.05, 4.69) is 10.3 Å². The van der Waals surface area contributed by atoms with Gasteiger partial charge in [0, 0.05) is 6.42 Å². The Hall–Kier alpha value is -2.11. The molecule has 0 radical (unpaired) electrons. The molecule has 0 aromatic heterocycles. The zero-order valence-corrected chi connectivity index (χ0v) is 9.76. The molecule has 6 heteroatoms. The Balaban J connectivity index is 2.15. The number of nitrogens with one attached hydrogen (secondary N) is 1. The summed E-state index contributed by atoms with van der Waals surface area (Å²) < 4.78 is 53.0. The average Bonchev–Trinajstić information content (AvgIpc) is 2.36. The van der Waals surface area contributed by atoms with Crippen LogP contribution < -0.4 is 5.32 Å². The van der Waals surface area contributed by atoms with Gasteiger partial charge in [0.15, 0.2) is 0 Å². The van der Waals surface area contributed by atoms with Crippen LogP contribution in [-0.4, -0.2) is 6.34 Å². The number of halogens is 4. The quantitative estimate of drug-likeness (QED) is 0.496. The third-order valence-corrected chi connectivity index (χ3v) is 2.54. The van der Waals surface area contributed by atoms with Gasteiger partial charge in [-0.05, 0) is 24.6 Å². The van der Waals surface area contributed by atoms with E-state index in [1.54, 1.807) is 0 Å². The highest BCUT2D eigenvalue weighted by Gasteiger charge is 2.15. The van der Waals surface area contributed by atoms with E-state index in [0.29, 0.717) is 0 Å². The van der Waals surface area contributed by atoms with E-state index in [-0.39, 0.29) is 12.8 Å². The third kappa shape index (κ3) is 3.01. The van der Waals surface area contributed by atoms with Crippen LogP contribution >= 0.6 is 0 Å². The molecule has 2 rings (SSSR count). The van der Waals surface area contributed by atoms with Gasteiger partial charge < -0.3 is 5.32 Å². The van der Waals surface area contributed by atoms with Crippen LogP contribution in [0.5, 0.6) is 0 Å². The number of hydrogen-bond acceptors (Lipinski definition) is 1. The number of aliphatic imine (C=N–C) groups is 1. The van der Waals surface area contributed by atoms with Crippen molar-refractivity contribution in [1.29, 1.82) is 0 Å². The van der Waals surface area contributed by atoms with Gasteiger partial charge in [0.25, 0.3) is 0 Å². The maximum atomic E-state index is 13.3. The maximum absolute atomic E-state index is 13.3. The van der Waals surface area contributed by atoms with Gasteiger partial charge in [-0.3, -0.25) is 0 Å². The van der Waals surface area contributed by atoms with Crippen LogP contribution in [0.3, 0.4) is 0 Å². The second-order valence-electron chi connectivity index (χ2n) is 3.84. The van der Waals surface area contributed by atoms with Crippen molar-refractivity contribution in [2.75, 3.05) is 5.32 Å². The highest BCUT2D eigenvalue weighted by Crippen LogP contribution is 2.27. The molecular formula is C13H10F4N2. The molecule has 0 spiro atoms. The lowest BCUT2D eigenvalue weighted by Gasteiger charge is -2.08. The number of rotatable bonds is 3. The van der Waals surface area contributed by atoms with Crippen LogP contribution in [0.4, 0.5) is 23.2 Å². The number of benzene rings is 1. The van der Waals surface area contributed by atoms with Crippen LogP contribution in [0.15, 0.2) is 46.6 Å². The van der Waals surface area contributed by atoms with Crippen molar-refractivity contribution in [2.45, 2.75) is 12.8 Å². The predicted octanol–water partition coefficient (Wildman–Crippen LogP) is 4.23. The zero-order valence-electron chi connectivity index (χ0n) is 9.76. The largest absolute Gasteiger partial charge is 0.342 e. The highest BCUT2D eigenvalue weighted by molar-refractivity contribution is 5.77. The number of allylic oxidation sites excluding steroid dienone is 3. The van der Waals surface area contributed by atoms with Gasteiger partial charge in [-0.1, -0.05) is 6.07 Å². The molecule has 0 unspecified atom stereocenters. The first-order valence-corrected chi connectivity index (χ1v) is 5.57.